The molecule has 1 aliphatic heterocycles. The molecule has 0 bridgehead atoms. The minimum atomic E-state index is -0.320. The van der Waals surface area contributed by atoms with Crippen LogP contribution in [-0.2, 0) is 17.8 Å². The first kappa shape index (κ1) is 21.8. The molecule has 2 amide bonds. The number of carbonyl (C=O) groups excluding carboxylic acids is 2. The number of carbonyl (C=O) groups is 2. The van der Waals surface area contributed by atoms with Gasteiger partial charge in [-0.3, -0.25) is 19.7 Å². The Morgan fingerprint density at radius 3 is 2.74 bits per heavy atom. The fraction of sp³-hybridized carbons (Fsp3) is 0.259. The van der Waals surface area contributed by atoms with E-state index in [4.69, 9.17) is 0 Å². The van der Waals surface area contributed by atoms with E-state index in [1.54, 1.807) is 18.6 Å². The quantitative estimate of drug-likeness (QED) is 0.481. The Morgan fingerprint density at radius 1 is 1.12 bits per heavy atom. The lowest BCUT2D eigenvalue weighted by molar-refractivity contribution is -0.135. The lowest BCUT2D eigenvalue weighted by atomic mass is 9.91. The van der Waals surface area contributed by atoms with Crippen LogP contribution in [0.1, 0.15) is 45.5 Å². The summed E-state index contributed by atoms with van der Waals surface area (Å²) in [6, 6.07) is 15.7. The van der Waals surface area contributed by atoms with E-state index in [0.717, 1.165) is 27.6 Å². The zero-order valence-corrected chi connectivity index (χ0v) is 19.3. The first-order chi connectivity index (χ1) is 16.5. The highest BCUT2D eigenvalue weighted by molar-refractivity contribution is 6.07. The summed E-state index contributed by atoms with van der Waals surface area (Å²) in [6.07, 6.45) is 5.82. The van der Waals surface area contributed by atoms with Crippen molar-refractivity contribution < 1.29 is 9.59 Å². The number of benzene rings is 2. The number of hydrogen-bond donors (Lipinski definition) is 2. The summed E-state index contributed by atoms with van der Waals surface area (Å²) in [5.41, 5.74) is 5.58. The SMILES string of the molecule is Cc1ccc2[nH]ncc2c1C(=O)NCC1Cc2ccccc2CN1C(=O)C(C)c1cccnc1. The highest BCUT2D eigenvalue weighted by Crippen LogP contribution is 2.27. The molecule has 0 aliphatic carbocycles. The Morgan fingerprint density at radius 2 is 1.94 bits per heavy atom. The van der Waals surface area contributed by atoms with E-state index in [0.29, 0.717) is 25.1 Å². The molecular formula is C27H27N5O2. The van der Waals surface area contributed by atoms with Crippen LogP contribution in [0, 0.1) is 6.92 Å². The number of nitrogens with zero attached hydrogens (tertiary/aromatic N) is 3. The average Bonchev–Trinajstić information content (AvgIpc) is 3.35. The molecule has 2 atom stereocenters. The molecule has 7 heteroatoms. The first-order valence-corrected chi connectivity index (χ1v) is 11.5. The molecule has 3 heterocycles. The van der Waals surface area contributed by atoms with Gasteiger partial charge in [-0.1, -0.05) is 36.4 Å². The van der Waals surface area contributed by atoms with Gasteiger partial charge in [-0.15, -0.1) is 0 Å². The molecule has 4 aromatic rings. The van der Waals surface area contributed by atoms with Crippen LogP contribution >= 0.6 is 0 Å². The van der Waals surface area contributed by atoms with E-state index in [-0.39, 0.29) is 23.8 Å². The number of pyridine rings is 1. The van der Waals surface area contributed by atoms with Gasteiger partial charge in [0.15, 0.2) is 0 Å². The molecule has 2 unspecified atom stereocenters. The third-order valence-corrected chi connectivity index (χ3v) is 6.75. The van der Waals surface area contributed by atoms with Gasteiger partial charge >= 0.3 is 0 Å². The Balaban J connectivity index is 1.40. The molecule has 2 aromatic carbocycles. The molecule has 2 N–H and O–H groups in total. The van der Waals surface area contributed by atoms with Crippen molar-refractivity contribution in [2.75, 3.05) is 6.54 Å². The zero-order valence-electron chi connectivity index (χ0n) is 19.3. The number of aromatic amines is 1. The van der Waals surface area contributed by atoms with E-state index >= 15 is 0 Å². The molecule has 0 saturated carbocycles. The van der Waals surface area contributed by atoms with Gasteiger partial charge in [-0.05, 0) is 54.7 Å². The van der Waals surface area contributed by atoms with Crippen molar-refractivity contribution in [3.63, 3.8) is 0 Å². The molecule has 5 rings (SSSR count). The monoisotopic (exact) mass is 453 g/mol. The summed E-state index contributed by atoms with van der Waals surface area (Å²) >= 11 is 0. The number of H-pyrrole nitrogens is 1. The molecule has 0 saturated heterocycles. The van der Waals surface area contributed by atoms with Crippen LogP contribution in [-0.4, -0.2) is 44.5 Å². The van der Waals surface area contributed by atoms with Crippen molar-refractivity contribution in [3.05, 3.63) is 94.9 Å². The third kappa shape index (κ3) is 4.05. The summed E-state index contributed by atoms with van der Waals surface area (Å²) < 4.78 is 0. The number of nitrogens with one attached hydrogen (secondary N) is 2. The first-order valence-electron chi connectivity index (χ1n) is 11.5. The standard InChI is InChI=1S/C27H27N5O2/c1-17-9-10-24-23(15-30-31-24)25(17)26(33)29-14-22-12-19-6-3-4-7-21(19)16-32(22)27(34)18(2)20-8-5-11-28-13-20/h3-11,13,15,18,22H,12,14,16H2,1-2H3,(H,29,33)(H,30,31). The molecule has 34 heavy (non-hydrogen) atoms. The van der Waals surface area contributed by atoms with Crippen LogP contribution < -0.4 is 5.32 Å². The Kier molecular flexibility index (Phi) is 5.84. The van der Waals surface area contributed by atoms with Gasteiger partial charge in [-0.25, -0.2) is 0 Å². The van der Waals surface area contributed by atoms with Crippen molar-refractivity contribution >= 4 is 22.7 Å². The molecule has 0 radical (unpaired) electrons. The number of rotatable bonds is 5. The number of amides is 2. The van der Waals surface area contributed by atoms with Crippen molar-refractivity contribution in [3.8, 4) is 0 Å². The summed E-state index contributed by atoms with van der Waals surface area (Å²) in [7, 11) is 0. The fourth-order valence-electron chi connectivity index (χ4n) is 4.78. The number of hydrogen-bond acceptors (Lipinski definition) is 4. The van der Waals surface area contributed by atoms with Crippen LogP contribution in [0.15, 0.2) is 67.1 Å². The van der Waals surface area contributed by atoms with Gasteiger partial charge in [0.1, 0.15) is 0 Å². The summed E-state index contributed by atoms with van der Waals surface area (Å²) in [5, 5.41) is 10.9. The lowest BCUT2D eigenvalue weighted by Gasteiger charge is -2.38. The molecule has 1 aliphatic rings. The minimum absolute atomic E-state index is 0.0369. The predicted octanol–water partition coefficient (Wildman–Crippen LogP) is 3.75. The van der Waals surface area contributed by atoms with Gasteiger partial charge in [0, 0.05) is 30.9 Å². The van der Waals surface area contributed by atoms with Crippen LogP contribution in [0.25, 0.3) is 10.9 Å². The number of fused-ring (bicyclic) bond motifs is 2. The predicted molar refractivity (Wildman–Crippen MR) is 130 cm³/mol. The maximum Gasteiger partial charge on any atom is 0.252 e. The molecule has 172 valence electrons. The molecule has 7 nitrogen and oxygen atoms in total. The molecular weight excluding hydrogens is 426 g/mol. The maximum atomic E-state index is 13.6. The van der Waals surface area contributed by atoms with Crippen LogP contribution in [0.5, 0.6) is 0 Å². The number of aromatic nitrogens is 3. The Hall–Kier alpha value is -4.00. The third-order valence-electron chi connectivity index (χ3n) is 6.75. The lowest BCUT2D eigenvalue weighted by Crippen LogP contribution is -2.51. The van der Waals surface area contributed by atoms with E-state index in [1.807, 2.05) is 55.1 Å². The van der Waals surface area contributed by atoms with Crippen LogP contribution in [0.4, 0.5) is 0 Å². The van der Waals surface area contributed by atoms with Crippen molar-refractivity contribution in [1.82, 2.24) is 25.4 Å². The van der Waals surface area contributed by atoms with E-state index in [2.05, 4.69) is 32.6 Å². The highest BCUT2D eigenvalue weighted by atomic mass is 16.2. The second-order valence-corrected chi connectivity index (χ2v) is 8.90. The highest BCUT2D eigenvalue weighted by Gasteiger charge is 2.33. The average molecular weight is 454 g/mol. The van der Waals surface area contributed by atoms with E-state index in [1.165, 1.54) is 5.56 Å². The Bertz CT molecular complexity index is 1350. The van der Waals surface area contributed by atoms with Crippen molar-refractivity contribution in [1.29, 1.82) is 0 Å². The van der Waals surface area contributed by atoms with Crippen LogP contribution in [0.2, 0.25) is 0 Å². The molecule has 2 aromatic heterocycles. The van der Waals surface area contributed by atoms with Crippen LogP contribution in [0.3, 0.4) is 0 Å². The summed E-state index contributed by atoms with van der Waals surface area (Å²) in [6.45, 7) is 4.73. The largest absolute Gasteiger partial charge is 0.350 e. The van der Waals surface area contributed by atoms with E-state index in [9.17, 15) is 9.59 Å². The minimum Gasteiger partial charge on any atom is -0.350 e. The van der Waals surface area contributed by atoms with Gasteiger partial charge in [0.05, 0.1) is 29.2 Å². The van der Waals surface area contributed by atoms with Gasteiger partial charge in [-0.2, -0.15) is 5.10 Å². The van der Waals surface area contributed by atoms with Gasteiger partial charge in [0.25, 0.3) is 5.91 Å². The van der Waals surface area contributed by atoms with Gasteiger partial charge < -0.3 is 10.2 Å². The molecule has 0 fully saturated rings. The van der Waals surface area contributed by atoms with Crippen molar-refractivity contribution in [2.45, 2.75) is 38.8 Å². The molecule has 0 spiro atoms. The number of aryl methyl sites for hydroxylation is 1. The van der Waals surface area contributed by atoms with Crippen molar-refractivity contribution in [2.24, 2.45) is 0 Å². The second-order valence-electron chi connectivity index (χ2n) is 8.90. The smallest absolute Gasteiger partial charge is 0.252 e. The maximum absolute atomic E-state index is 13.6. The topological polar surface area (TPSA) is 91.0 Å². The van der Waals surface area contributed by atoms with Gasteiger partial charge in [0.2, 0.25) is 5.91 Å². The zero-order chi connectivity index (χ0) is 23.7. The second kappa shape index (κ2) is 9.09. The summed E-state index contributed by atoms with van der Waals surface area (Å²) in [4.78, 5) is 32.9. The summed E-state index contributed by atoms with van der Waals surface area (Å²) in [5.74, 6) is -0.440. The van der Waals surface area contributed by atoms with E-state index < -0.39 is 0 Å². The normalized spacial score (nSPS) is 16.2. The fourth-order valence-corrected chi connectivity index (χ4v) is 4.78. The Labute approximate surface area is 198 Å².